The van der Waals surface area contributed by atoms with Crippen molar-refractivity contribution >= 4 is 12.3 Å². The fourth-order valence-electron chi connectivity index (χ4n) is 4.72. The highest BCUT2D eigenvalue weighted by Crippen LogP contribution is 2.30. The molecular weight excluding hydrogens is 493 g/mol. The minimum absolute atomic E-state index is 0.239. The number of nitriles is 1. The highest BCUT2D eigenvalue weighted by Gasteiger charge is 2.19. The summed E-state index contributed by atoms with van der Waals surface area (Å²) in [6.45, 7) is 2.54. The van der Waals surface area contributed by atoms with E-state index < -0.39 is 5.91 Å². The molecule has 0 aliphatic carbocycles. The SMILES string of the molecule is N#Cc1ccc(CN2CCc3ccc(-c4cc(Cc5ccc(F)cc5)cnc4C(N)=O)cc3C2)cc1.NC=O. The van der Waals surface area contributed by atoms with Crippen LogP contribution < -0.4 is 11.5 Å². The average Bonchev–Trinajstić information content (AvgIpc) is 2.94. The van der Waals surface area contributed by atoms with E-state index in [2.05, 4.69) is 33.8 Å². The number of benzene rings is 3. The van der Waals surface area contributed by atoms with Gasteiger partial charge in [0.25, 0.3) is 5.91 Å². The third-order valence-corrected chi connectivity index (χ3v) is 6.60. The standard InChI is InChI=1S/C30H25FN4O.CH3NO/c31-27-9-5-20(6-10-27)13-23-14-28(29(30(33)36)34-17-23)25-8-7-24-11-12-35(19-26(24)15-25)18-22-3-1-21(16-32)2-4-22;2-1-3/h1-10,14-15,17H,11-13,18-19H2,(H2,33,36);1H,(H2,2,3). The van der Waals surface area contributed by atoms with Crippen LogP contribution in [0.5, 0.6) is 0 Å². The molecule has 4 aromatic rings. The summed E-state index contributed by atoms with van der Waals surface area (Å²) in [5, 5.41) is 9.03. The summed E-state index contributed by atoms with van der Waals surface area (Å²) >= 11 is 0. The largest absolute Gasteiger partial charge is 0.372 e. The summed E-state index contributed by atoms with van der Waals surface area (Å²) in [7, 11) is 0. The Hall–Kier alpha value is -4.87. The number of pyridine rings is 1. The number of halogens is 1. The zero-order chi connectivity index (χ0) is 27.8. The van der Waals surface area contributed by atoms with E-state index in [1.807, 2.05) is 36.4 Å². The van der Waals surface area contributed by atoms with Crippen molar-refractivity contribution in [3.63, 3.8) is 0 Å². The second kappa shape index (κ2) is 12.6. The van der Waals surface area contributed by atoms with Crippen LogP contribution in [0.4, 0.5) is 4.39 Å². The van der Waals surface area contributed by atoms with Crippen molar-refractivity contribution in [2.75, 3.05) is 6.54 Å². The molecule has 0 radical (unpaired) electrons. The lowest BCUT2D eigenvalue weighted by atomic mass is 9.92. The Morgan fingerprint density at radius 2 is 1.69 bits per heavy atom. The molecule has 39 heavy (non-hydrogen) atoms. The number of primary amides is 2. The molecule has 1 aromatic heterocycles. The molecule has 1 aliphatic heterocycles. The Kier molecular flexibility index (Phi) is 8.77. The monoisotopic (exact) mass is 521 g/mol. The fourth-order valence-corrected chi connectivity index (χ4v) is 4.72. The van der Waals surface area contributed by atoms with Gasteiger partial charge in [-0.15, -0.1) is 0 Å². The van der Waals surface area contributed by atoms with Crippen molar-refractivity contribution in [1.29, 1.82) is 5.26 Å². The predicted molar refractivity (Wildman–Crippen MR) is 147 cm³/mol. The summed E-state index contributed by atoms with van der Waals surface area (Å²) in [5.74, 6) is -0.845. The lowest BCUT2D eigenvalue weighted by Gasteiger charge is -2.29. The van der Waals surface area contributed by atoms with E-state index in [0.717, 1.165) is 42.7 Å². The molecule has 3 aromatic carbocycles. The molecule has 0 spiro atoms. The third kappa shape index (κ3) is 6.92. The second-order valence-corrected chi connectivity index (χ2v) is 9.30. The van der Waals surface area contributed by atoms with E-state index in [1.54, 1.807) is 18.3 Å². The lowest BCUT2D eigenvalue weighted by molar-refractivity contribution is -0.106. The van der Waals surface area contributed by atoms with E-state index in [1.165, 1.54) is 28.8 Å². The molecule has 0 fully saturated rings. The number of nitrogens with two attached hydrogens (primary N) is 2. The number of fused-ring (bicyclic) bond motifs is 1. The number of carbonyl (C=O) groups excluding carboxylic acids is 2. The number of hydrogen-bond acceptors (Lipinski definition) is 5. The Morgan fingerprint density at radius 1 is 1.00 bits per heavy atom. The van der Waals surface area contributed by atoms with Crippen LogP contribution in [0.2, 0.25) is 0 Å². The van der Waals surface area contributed by atoms with Crippen molar-refractivity contribution in [3.05, 3.63) is 124 Å². The molecule has 196 valence electrons. The molecule has 0 saturated heterocycles. The van der Waals surface area contributed by atoms with Crippen LogP contribution in [0.15, 0.2) is 79.0 Å². The fraction of sp³-hybridized carbons (Fsp3) is 0.161. The van der Waals surface area contributed by atoms with E-state index >= 15 is 0 Å². The van der Waals surface area contributed by atoms with Gasteiger partial charge in [0.05, 0.1) is 11.6 Å². The van der Waals surface area contributed by atoms with Crippen molar-refractivity contribution in [3.8, 4) is 17.2 Å². The van der Waals surface area contributed by atoms with Crippen LogP contribution >= 0.6 is 0 Å². The molecule has 5 rings (SSSR count). The number of amides is 2. The first-order valence-electron chi connectivity index (χ1n) is 12.4. The number of hydrogen-bond donors (Lipinski definition) is 2. The maximum absolute atomic E-state index is 13.3. The predicted octanol–water partition coefficient (Wildman–Crippen LogP) is 4.11. The van der Waals surface area contributed by atoms with Crippen LogP contribution in [-0.4, -0.2) is 28.7 Å². The minimum atomic E-state index is -0.571. The molecule has 0 saturated carbocycles. The first-order chi connectivity index (χ1) is 18.9. The minimum Gasteiger partial charge on any atom is -0.372 e. The maximum atomic E-state index is 13.3. The summed E-state index contributed by atoms with van der Waals surface area (Å²) in [6, 6.07) is 24.5. The summed E-state index contributed by atoms with van der Waals surface area (Å²) < 4.78 is 13.3. The van der Waals surface area contributed by atoms with Crippen LogP contribution in [0.25, 0.3) is 11.1 Å². The highest BCUT2D eigenvalue weighted by atomic mass is 19.1. The highest BCUT2D eigenvalue weighted by molar-refractivity contribution is 5.98. The molecule has 7 nitrogen and oxygen atoms in total. The molecule has 0 unspecified atom stereocenters. The summed E-state index contributed by atoms with van der Waals surface area (Å²) in [4.78, 5) is 27.5. The zero-order valence-electron chi connectivity index (χ0n) is 21.3. The third-order valence-electron chi connectivity index (χ3n) is 6.60. The van der Waals surface area contributed by atoms with Gasteiger partial charge in [0.15, 0.2) is 0 Å². The zero-order valence-corrected chi connectivity index (χ0v) is 21.3. The number of rotatable bonds is 6. The Bertz CT molecular complexity index is 1510. The maximum Gasteiger partial charge on any atom is 0.267 e. The van der Waals surface area contributed by atoms with E-state index in [0.29, 0.717) is 17.5 Å². The summed E-state index contributed by atoms with van der Waals surface area (Å²) in [6.07, 6.45) is 3.42. The van der Waals surface area contributed by atoms with Crippen molar-refractivity contribution in [2.24, 2.45) is 11.5 Å². The van der Waals surface area contributed by atoms with E-state index in [4.69, 9.17) is 15.8 Å². The first-order valence-corrected chi connectivity index (χ1v) is 12.4. The van der Waals surface area contributed by atoms with Gasteiger partial charge in [0.1, 0.15) is 11.5 Å². The molecule has 4 N–H and O–H groups in total. The quantitative estimate of drug-likeness (QED) is 0.369. The number of aromatic nitrogens is 1. The van der Waals surface area contributed by atoms with Gasteiger partial charge >= 0.3 is 0 Å². The topological polar surface area (TPSA) is 126 Å². The Labute approximate surface area is 226 Å². The average molecular weight is 522 g/mol. The van der Waals surface area contributed by atoms with Crippen LogP contribution in [0, 0.1) is 17.1 Å². The molecule has 1 aliphatic rings. The lowest BCUT2D eigenvalue weighted by Crippen LogP contribution is -2.30. The second-order valence-electron chi connectivity index (χ2n) is 9.30. The first kappa shape index (κ1) is 27.2. The summed E-state index contributed by atoms with van der Waals surface area (Å²) in [5.41, 5.74) is 17.9. The van der Waals surface area contributed by atoms with Crippen LogP contribution in [-0.2, 0) is 30.7 Å². The Balaban J connectivity index is 0.00000112. The van der Waals surface area contributed by atoms with Crippen molar-refractivity contribution in [2.45, 2.75) is 25.9 Å². The van der Waals surface area contributed by atoms with Gasteiger partial charge in [-0.05, 0) is 82.6 Å². The van der Waals surface area contributed by atoms with Gasteiger partial charge < -0.3 is 11.5 Å². The van der Waals surface area contributed by atoms with Crippen molar-refractivity contribution < 1.29 is 14.0 Å². The molecule has 8 heteroatoms. The van der Waals surface area contributed by atoms with Gasteiger partial charge in [0, 0.05) is 31.4 Å². The van der Waals surface area contributed by atoms with Gasteiger partial charge in [-0.25, -0.2) is 4.39 Å². The smallest absolute Gasteiger partial charge is 0.267 e. The molecule has 0 bridgehead atoms. The van der Waals surface area contributed by atoms with Gasteiger partial charge in [-0.3, -0.25) is 19.5 Å². The Morgan fingerprint density at radius 3 is 2.36 bits per heavy atom. The molecular formula is C31H28FN5O2. The van der Waals surface area contributed by atoms with Gasteiger partial charge in [0.2, 0.25) is 6.41 Å². The molecule has 2 heterocycles. The van der Waals surface area contributed by atoms with E-state index in [-0.39, 0.29) is 17.9 Å². The molecule has 0 atom stereocenters. The van der Waals surface area contributed by atoms with Crippen LogP contribution in [0.1, 0.15) is 43.9 Å². The number of carbonyl (C=O) groups is 2. The van der Waals surface area contributed by atoms with Crippen molar-refractivity contribution in [1.82, 2.24) is 9.88 Å². The van der Waals surface area contributed by atoms with E-state index in [9.17, 15) is 9.18 Å². The number of nitrogens with zero attached hydrogens (tertiary/aromatic N) is 3. The van der Waals surface area contributed by atoms with Crippen LogP contribution in [0.3, 0.4) is 0 Å². The normalized spacial score (nSPS) is 12.4. The van der Waals surface area contributed by atoms with Gasteiger partial charge in [-0.2, -0.15) is 5.26 Å². The molecule has 2 amide bonds. The van der Waals surface area contributed by atoms with Gasteiger partial charge in [-0.1, -0.05) is 36.4 Å².